The fourth-order valence-corrected chi connectivity index (χ4v) is 0.997. The van der Waals surface area contributed by atoms with Crippen LogP contribution in [0.2, 0.25) is 0 Å². The smallest absolute Gasteiger partial charge is 0.0816 e. The van der Waals surface area contributed by atoms with Gasteiger partial charge >= 0.3 is 0 Å². The third kappa shape index (κ3) is 1.42. The number of hydrogen-bond donors (Lipinski definition) is 0. The molecule has 0 fully saturated rings. The quantitative estimate of drug-likeness (QED) is 0.518. The normalized spacial score (nSPS) is 26.0. The van der Waals surface area contributed by atoms with Gasteiger partial charge in [-0.05, 0) is 18.9 Å². The summed E-state index contributed by atoms with van der Waals surface area (Å²) in [6.45, 7) is 2.09. The van der Waals surface area contributed by atoms with Gasteiger partial charge in [0.05, 0.1) is 6.10 Å². The Labute approximate surface area is 56.0 Å². The third-order valence-corrected chi connectivity index (χ3v) is 1.64. The highest BCUT2D eigenvalue weighted by Gasteiger charge is 2.08. The lowest BCUT2D eigenvalue weighted by molar-refractivity contribution is 0.133. The minimum atomic E-state index is 0.329. The zero-order chi connectivity index (χ0) is 6.69. The Kier molecular flexibility index (Phi) is 2.06. The Bertz CT molecular complexity index is 145. The molecule has 9 heavy (non-hydrogen) atoms. The SMILES string of the molecule is CO[C@@H]1CC=CC=C1C. The monoisotopic (exact) mass is 124 g/mol. The summed E-state index contributed by atoms with van der Waals surface area (Å²) in [5.41, 5.74) is 1.32. The van der Waals surface area contributed by atoms with Crippen molar-refractivity contribution in [1.29, 1.82) is 0 Å². The van der Waals surface area contributed by atoms with E-state index in [0.29, 0.717) is 6.10 Å². The van der Waals surface area contributed by atoms with Crippen molar-refractivity contribution in [2.75, 3.05) is 7.11 Å². The summed E-state index contributed by atoms with van der Waals surface area (Å²) in [5, 5.41) is 0. The molecule has 0 radical (unpaired) electrons. The Morgan fingerprint density at radius 1 is 1.67 bits per heavy atom. The molecule has 0 saturated carbocycles. The molecule has 50 valence electrons. The summed E-state index contributed by atoms with van der Waals surface area (Å²) in [4.78, 5) is 0. The minimum absolute atomic E-state index is 0.329. The number of rotatable bonds is 1. The molecular weight excluding hydrogens is 112 g/mol. The van der Waals surface area contributed by atoms with Gasteiger partial charge in [-0.1, -0.05) is 18.2 Å². The maximum Gasteiger partial charge on any atom is 0.0816 e. The molecule has 0 bridgehead atoms. The molecule has 0 spiro atoms. The number of methoxy groups -OCH3 is 1. The van der Waals surface area contributed by atoms with Crippen LogP contribution in [0.15, 0.2) is 23.8 Å². The van der Waals surface area contributed by atoms with Crippen LogP contribution in [0.25, 0.3) is 0 Å². The van der Waals surface area contributed by atoms with E-state index in [1.807, 2.05) is 0 Å². The lowest BCUT2D eigenvalue weighted by atomic mass is 10.0. The van der Waals surface area contributed by atoms with Gasteiger partial charge in [-0.25, -0.2) is 0 Å². The fourth-order valence-electron chi connectivity index (χ4n) is 0.997. The minimum Gasteiger partial charge on any atom is -0.377 e. The van der Waals surface area contributed by atoms with E-state index in [9.17, 15) is 0 Å². The average molecular weight is 124 g/mol. The van der Waals surface area contributed by atoms with E-state index in [2.05, 4.69) is 25.2 Å². The maximum absolute atomic E-state index is 5.18. The van der Waals surface area contributed by atoms with Crippen molar-refractivity contribution < 1.29 is 4.74 Å². The molecule has 1 aliphatic rings. The van der Waals surface area contributed by atoms with Crippen LogP contribution in [0.5, 0.6) is 0 Å². The predicted molar refractivity (Wildman–Crippen MR) is 38.3 cm³/mol. The zero-order valence-electron chi connectivity index (χ0n) is 5.92. The first-order valence-electron chi connectivity index (χ1n) is 3.20. The molecular formula is C8H12O. The van der Waals surface area contributed by atoms with Gasteiger partial charge in [0.2, 0.25) is 0 Å². The molecule has 1 rings (SSSR count). The van der Waals surface area contributed by atoms with E-state index in [1.165, 1.54) is 5.57 Å². The summed E-state index contributed by atoms with van der Waals surface area (Å²) >= 11 is 0. The summed E-state index contributed by atoms with van der Waals surface area (Å²) in [6, 6.07) is 0. The summed E-state index contributed by atoms with van der Waals surface area (Å²) in [7, 11) is 1.75. The van der Waals surface area contributed by atoms with E-state index in [4.69, 9.17) is 4.74 Å². The van der Waals surface area contributed by atoms with Gasteiger partial charge in [0, 0.05) is 7.11 Å². The molecule has 0 aromatic rings. The second kappa shape index (κ2) is 2.83. The largest absolute Gasteiger partial charge is 0.377 e. The number of hydrogen-bond acceptors (Lipinski definition) is 1. The van der Waals surface area contributed by atoms with Crippen LogP contribution in [0.1, 0.15) is 13.3 Å². The van der Waals surface area contributed by atoms with Crippen molar-refractivity contribution in [3.8, 4) is 0 Å². The van der Waals surface area contributed by atoms with E-state index >= 15 is 0 Å². The van der Waals surface area contributed by atoms with E-state index in [-0.39, 0.29) is 0 Å². The summed E-state index contributed by atoms with van der Waals surface area (Å²) < 4.78 is 5.18. The van der Waals surface area contributed by atoms with Gasteiger partial charge in [-0.3, -0.25) is 0 Å². The van der Waals surface area contributed by atoms with Crippen LogP contribution in [0.3, 0.4) is 0 Å². The second-order valence-corrected chi connectivity index (χ2v) is 2.30. The lowest BCUT2D eigenvalue weighted by Crippen LogP contribution is -2.12. The van der Waals surface area contributed by atoms with E-state index < -0.39 is 0 Å². The number of ether oxygens (including phenoxy) is 1. The van der Waals surface area contributed by atoms with Crippen molar-refractivity contribution in [3.63, 3.8) is 0 Å². The highest BCUT2D eigenvalue weighted by Crippen LogP contribution is 2.14. The molecule has 0 aliphatic heterocycles. The van der Waals surface area contributed by atoms with E-state index in [1.54, 1.807) is 7.11 Å². The van der Waals surface area contributed by atoms with Crippen LogP contribution >= 0.6 is 0 Å². The Morgan fingerprint density at radius 2 is 2.44 bits per heavy atom. The van der Waals surface area contributed by atoms with Crippen molar-refractivity contribution >= 4 is 0 Å². The highest BCUT2D eigenvalue weighted by molar-refractivity contribution is 5.20. The molecule has 1 aliphatic carbocycles. The third-order valence-electron chi connectivity index (χ3n) is 1.64. The predicted octanol–water partition coefficient (Wildman–Crippen LogP) is 1.91. The van der Waals surface area contributed by atoms with Crippen LogP contribution in [0.4, 0.5) is 0 Å². The zero-order valence-corrected chi connectivity index (χ0v) is 5.92. The molecule has 0 aromatic carbocycles. The molecule has 0 N–H and O–H groups in total. The van der Waals surface area contributed by atoms with Gasteiger partial charge in [-0.15, -0.1) is 0 Å². The van der Waals surface area contributed by atoms with Crippen LogP contribution in [-0.2, 0) is 4.74 Å². The summed E-state index contributed by atoms with van der Waals surface area (Å²) in [6.07, 6.45) is 7.65. The fraction of sp³-hybridized carbons (Fsp3) is 0.500. The van der Waals surface area contributed by atoms with Gasteiger partial charge in [-0.2, -0.15) is 0 Å². The van der Waals surface area contributed by atoms with Crippen molar-refractivity contribution in [2.24, 2.45) is 0 Å². The summed E-state index contributed by atoms with van der Waals surface area (Å²) in [5.74, 6) is 0. The van der Waals surface area contributed by atoms with Gasteiger partial charge < -0.3 is 4.74 Å². The Hall–Kier alpha value is -0.560. The maximum atomic E-state index is 5.18. The molecule has 0 amide bonds. The van der Waals surface area contributed by atoms with Crippen molar-refractivity contribution in [3.05, 3.63) is 23.8 Å². The van der Waals surface area contributed by atoms with Crippen molar-refractivity contribution in [1.82, 2.24) is 0 Å². The molecule has 0 heterocycles. The highest BCUT2D eigenvalue weighted by atomic mass is 16.5. The van der Waals surface area contributed by atoms with Crippen LogP contribution in [0, 0.1) is 0 Å². The van der Waals surface area contributed by atoms with E-state index in [0.717, 1.165) is 6.42 Å². The van der Waals surface area contributed by atoms with Gasteiger partial charge in [0.1, 0.15) is 0 Å². The average Bonchev–Trinajstić information content (AvgIpc) is 1.89. The first kappa shape index (κ1) is 6.56. The molecule has 1 heteroatoms. The van der Waals surface area contributed by atoms with Gasteiger partial charge in [0.25, 0.3) is 0 Å². The molecule has 0 saturated heterocycles. The molecule has 0 unspecified atom stereocenters. The second-order valence-electron chi connectivity index (χ2n) is 2.30. The molecule has 1 atom stereocenters. The first-order chi connectivity index (χ1) is 4.34. The van der Waals surface area contributed by atoms with Crippen molar-refractivity contribution in [2.45, 2.75) is 19.4 Å². The molecule has 1 nitrogen and oxygen atoms in total. The standard InChI is InChI=1S/C8H12O/c1-7-5-3-4-6-8(7)9-2/h3-5,8H,6H2,1-2H3/t8-/m1/s1. The lowest BCUT2D eigenvalue weighted by Gasteiger charge is -2.15. The Balaban J connectivity index is 2.59. The topological polar surface area (TPSA) is 9.23 Å². The Morgan fingerprint density at radius 3 is 2.89 bits per heavy atom. The van der Waals surface area contributed by atoms with Crippen LogP contribution < -0.4 is 0 Å². The molecule has 0 aromatic heterocycles. The number of allylic oxidation sites excluding steroid dienone is 2. The van der Waals surface area contributed by atoms with Gasteiger partial charge in [0.15, 0.2) is 0 Å². The van der Waals surface area contributed by atoms with Crippen LogP contribution in [-0.4, -0.2) is 13.2 Å². The first-order valence-corrected chi connectivity index (χ1v) is 3.20.